The summed E-state index contributed by atoms with van der Waals surface area (Å²) in [5, 5.41) is 0.655. The Bertz CT molecular complexity index is 1380. The van der Waals surface area contributed by atoms with Gasteiger partial charge in [-0.15, -0.1) is 0 Å². The Labute approximate surface area is 246 Å². The summed E-state index contributed by atoms with van der Waals surface area (Å²) in [4.78, 5) is 28.7. The highest BCUT2D eigenvalue weighted by atomic mass is 35.5. The Morgan fingerprint density at radius 2 is 1.61 bits per heavy atom. The van der Waals surface area contributed by atoms with E-state index in [4.69, 9.17) is 30.5 Å². The predicted molar refractivity (Wildman–Crippen MR) is 157 cm³/mol. The molecule has 1 aliphatic carbocycles. The minimum Gasteiger partial charge on any atom is -0.493 e. The van der Waals surface area contributed by atoms with Crippen molar-refractivity contribution in [2.75, 3.05) is 34.0 Å². The molecule has 1 saturated carbocycles. The Hall–Kier alpha value is -3.71. The molecule has 1 unspecified atom stereocenters. The van der Waals surface area contributed by atoms with Crippen LogP contribution in [0.25, 0.3) is 0 Å². The van der Waals surface area contributed by atoms with Crippen LogP contribution < -0.4 is 14.2 Å². The Morgan fingerprint density at radius 3 is 2.24 bits per heavy atom. The van der Waals surface area contributed by atoms with Crippen LogP contribution in [0.5, 0.6) is 17.2 Å². The molecule has 2 aliphatic rings. The number of hydrogen-bond acceptors (Lipinski definition) is 6. The smallest absolute Gasteiger partial charge is 0.338 e. The van der Waals surface area contributed by atoms with Crippen molar-refractivity contribution in [3.8, 4) is 17.2 Å². The number of carbonyl (C=O) groups is 2. The van der Waals surface area contributed by atoms with Crippen LogP contribution >= 0.6 is 11.6 Å². The number of ether oxygens (including phenoxy) is 4. The van der Waals surface area contributed by atoms with Crippen LogP contribution in [-0.4, -0.2) is 50.8 Å². The molecule has 1 aliphatic heterocycles. The van der Waals surface area contributed by atoms with E-state index in [0.29, 0.717) is 47.4 Å². The van der Waals surface area contributed by atoms with Gasteiger partial charge in [0.25, 0.3) is 0 Å². The molecule has 1 atom stereocenters. The molecule has 8 heteroatoms. The standard InChI is InChI=1S/C33H36ClNO6/c1-4-40-31(36)22-7-13-26(14-8-22)41-21-28-27-20-30(39-3)29(38-2)19-23(27)15-18-35(28)32(37)33(16-5-6-17-33)24-9-11-25(34)12-10-24/h7-14,19-20,28H,4-6,15-18,21H2,1-3H3. The van der Waals surface area contributed by atoms with E-state index in [-0.39, 0.29) is 24.5 Å². The molecule has 0 N–H and O–H groups in total. The van der Waals surface area contributed by atoms with E-state index in [2.05, 4.69) is 0 Å². The number of fused-ring (bicyclic) bond motifs is 1. The normalized spacial score (nSPS) is 17.5. The number of halogens is 1. The lowest BCUT2D eigenvalue weighted by Crippen LogP contribution is -2.50. The van der Waals surface area contributed by atoms with Gasteiger partial charge in [-0.3, -0.25) is 4.79 Å². The number of amides is 1. The molecule has 216 valence electrons. The average Bonchev–Trinajstić information content (AvgIpc) is 3.50. The molecule has 0 spiro atoms. The summed E-state index contributed by atoms with van der Waals surface area (Å²) in [5.74, 6) is 1.61. The van der Waals surface area contributed by atoms with Crippen LogP contribution in [0.15, 0.2) is 60.7 Å². The average molecular weight is 578 g/mol. The molecule has 1 heterocycles. The van der Waals surface area contributed by atoms with E-state index in [1.807, 2.05) is 41.3 Å². The number of carbonyl (C=O) groups excluding carboxylic acids is 2. The van der Waals surface area contributed by atoms with Gasteiger partial charge in [-0.2, -0.15) is 0 Å². The summed E-state index contributed by atoms with van der Waals surface area (Å²) in [5.41, 5.74) is 2.95. The lowest BCUT2D eigenvalue weighted by Gasteiger charge is -2.42. The third kappa shape index (κ3) is 5.73. The third-order valence-electron chi connectivity index (χ3n) is 8.30. The Morgan fingerprint density at radius 1 is 0.951 bits per heavy atom. The number of rotatable bonds is 9. The van der Waals surface area contributed by atoms with Crippen molar-refractivity contribution in [2.24, 2.45) is 0 Å². The molecule has 41 heavy (non-hydrogen) atoms. The maximum absolute atomic E-state index is 14.6. The first-order valence-corrected chi connectivity index (χ1v) is 14.5. The molecule has 0 aromatic heterocycles. The van der Waals surface area contributed by atoms with E-state index < -0.39 is 5.41 Å². The fourth-order valence-electron chi connectivity index (χ4n) is 6.18. The van der Waals surface area contributed by atoms with E-state index in [1.54, 1.807) is 45.4 Å². The molecule has 0 radical (unpaired) electrons. The first-order valence-electron chi connectivity index (χ1n) is 14.1. The third-order valence-corrected chi connectivity index (χ3v) is 8.55. The minimum atomic E-state index is -0.599. The van der Waals surface area contributed by atoms with Crippen LogP contribution in [0, 0.1) is 0 Å². The molecule has 1 fully saturated rings. The summed E-state index contributed by atoms with van der Waals surface area (Å²) >= 11 is 6.21. The first-order chi connectivity index (χ1) is 19.9. The highest BCUT2D eigenvalue weighted by molar-refractivity contribution is 6.30. The van der Waals surface area contributed by atoms with Gasteiger partial charge in [-0.1, -0.05) is 36.6 Å². The lowest BCUT2D eigenvalue weighted by molar-refractivity contribution is -0.141. The van der Waals surface area contributed by atoms with Crippen molar-refractivity contribution in [3.63, 3.8) is 0 Å². The molecule has 0 saturated heterocycles. The molecule has 7 nitrogen and oxygen atoms in total. The van der Waals surface area contributed by atoms with E-state index in [0.717, 1.165) is 42.4 Å². The van der Waals surface area contributed by atoms with Crippen LogP contribution in [0.4, 0.5) is 0 Å². The van der Waals surface area contributed by atoms with Crippen molar-refractivity contribution in [1.29, 1.82) is 0 Å². The zero-order valence-electron chi connectivity index (χ0n) is 23.8. The zero-order chi connectivity index (χ0) is 29.0. The van der Waals surface area contributed by atoms with Gasteiger partial charge in [0.15, 0.2) is 11.5 Å². The van der Waals surface area contributed by atoms with Crippen molar-refractivity contribution in [3.05, 3.63) is 87.9 Å². The topological polar surface area (TPSA) is 74.3 Å². The molecule has 5 rings (SSSR count). The summed E-state index contributed by atoms with van der Waals surface area (Å²) in [6, 6.07) is 18.2. The quantitative estimate of drug-likeness (QED) is 0.268. The Balaban J connectivity index is 1.49. The van der Waals surface area contributed by atoms with E-state index in [1.165, 1.54) is 0 Å². The van der Waals surface area contributed by atoms with E-state index >= 15 is 0 Å². The SMILES string of the molecule is CCOC(=O)c1ccc(OCC2c3cc(OC)c(OC)cc3CCN2C(=O)C2(c3ccc(Cl)cc3)CCCC2)cc1. The minimum absolute atomic E-state index is 0.115. The lowest BCUT2D eigenvalue weighted by atomic mass is 9.76. The second-order valence-electron chi connectivity index (χ2n) is 10.5. The van der Waals surface area contributed by atoms with E-state index in [9.17, 15) is 9.59 Å². The molecule has 1 amide bonds. The van der Waals surface area contributed by atoms with Gasteiger partial charge in [-0.25, -0.2) is 4.79 Å². The molecule has 3 aromatic rings. The predicted octanol–water partition coefficient (Wildman–Crippen LogP) is 6.55. The fourth-order valence-corrected chi connectivity index (χ4v) is 6.30. The van der Waals surface area contributed by atoms with Gasteiger partial charge in [0, 0.05) is 11.6 Å². The highest BCUT2D eigenvalue weighted by Gasteiger charge is 2.47. The van der Waals surface area contributed by atoms with Gasteiger partial charge in [0.1, 0.15) is 12.4 Å². The molecule has 3 aromatic carbocycles. The second-order valence-corrected chi connectivity index (χ2v) is 11.0. The number of hydrogen-bond donors (Lipinski definition) is 0. The maximum atomic E-state index is 14.6. The van der Waals surface area contributed by atoms with Crippen molar-refractivity contribution in [2.45, 2.75) is 50.5 Å². The van der Waals surface area contributed by atoms with Crippen LogP contribution in [-0.2, 0) is 21.4 Å². The summed E-state index contributed by atoms with van der Waals surface area (Å²) in [6.07, 6.45) is 4.29. The number of benzene rings is 3. The van der Waals surface area contributed by atoms with Crippen molar-refractivity contribution >= 4 is 23.5 Å². The molecular weight excluding hydrogens is 542 g/mol. The van der Waals surface area contributed by atoms with Crippen LogP contribution in [0.3, 0.4) is 0 Å². The Kier molecular flexibility index (Phi) is 8.74. The highest BCUT2D eigenvalue weighted by Crippen LogP contribution is 2.46. The summed E-state index contributed by atoms with van der Waals surface area (Å²) < 4.78 is 22.6. The van der Waals surface area contributed by atoms with Gasteiger partial charge in [0.05, 0.1) is 37.8 Å². The molecular formula is C33H36ClNO6. The second kappa shape index (κ2) is 12.4. The fraction of sp³-hybridized carbons (Fsp3) is 0.394. The molecule has 0 bridgehead atoms. The number of nitrogens with zero attached hydrogens (tertiary/aromatic N) is 1. The van der Waals surface area contributed by atoms with Gasteiger partial charge in [-0.05, 0) is 91.4 Å². The van der Waals surface area contributed by atoms with Gasteiger partial charge >= 0.3 is 5.97 Å². The van der Waals surface area contributed by atoms with Crippen molar-refractivity contribution < 1.29 is 28.5 Å². The number of esters is 1. The monoisotopic (exact) mass is 577 g/mol. The largest absolute Gasteiger partial charge is 0.493 e. The van der Waals surface area contributed by atoms with Gasteiger partial charge in [0.2, 0.25) is 5.91 Å². The zero-order valence-corrected chi connectivity index (χ0v) is 24.5. The summed E-state index contributed by atoms with van der Waals surface area (Å²) in [7, 11) is 3.24. The number of methoxy groups -OCH3 is 2. The first kappa shape index (κ1) is 28.8. The van der Waals surface area contributed by atoms with Crippen LogP contribution in [0.2, 0.25) is 5.02 Å². The van der Waals surface area contributed by atoms with Crippen molar-refractivity contribution in [1.82, 2.24) is 4.90 Å². The van der Waals surface area contributed by atoms with Gasteiger partial charge < -0.3 is 23.8 Å². The maximum Gasteiger partial charge on any atom is 0.338 e. The summed E-state index contributed by atoms with van der Waals surface area (Å²) in [6.45, 7) is 2.89. The van der Waals surface area contributed by atoms with Crippen LogP contribution in [0.1, 0.15) is 65.7 Å².